The second-order valence-corrected chi connectivity index (χ2v) is 7.06. The molecule has 28 heavy (non-hydrogen) atoms. The number of nitrogens with zero attached hydrogens (tertiary/aromatic N) is 1. The topological polar surface area (TPSA) is 87.7 Å². The van der Waals surface area contributed by atoms with Gasteiger partial charge in [-0.05, 0) is 50.1 Å². The van der Waals surface area contributed by atoms with Crippen molar-refractivity contribution < 1.29 is 19.1 Å². The Labute approximate surface area is 162 Å². The third-order valence-electron chi connectivity index (χ3n) is 5.02. The summed E-state index contributed by atoms with van der Waals surface area (Å²) in [6.07, 6.45) is 1.81. The van der Waals surface area contributed by atoms with Gasteiger partial charge in [0.15, 0.2) is 6.61 Å². The minimum Gasteiger partial charge on any atom is -0.452 e. The lowest BCUT2D eigenvalue weighted by Crippen LogP contribution is -2.43. The average Bonchev–Trinajstić information content (AvgIpc) is 3.18. The number of hydrogen-bond donors (Lipinski definition) is 2. The van der Waals surface area contributed by atoms with Crippen molar-refractivity contribution in [2.75, 3.05) is 28.7 Å². The first-order valence-electron chi connectivity index (χ1n) is 9.26. The molecule has 2 aliphatic rings. The summed E-state index contributed by atoms with van der Waals surface area (Å²) in [6.45, 7) is 2.40. The molecule has 7 heteroatoms. The smallest absolute Gasteiger partial charge is 0.338 e. The van der Waals surface area contributed by atoms with Crippen molar-refractivity contribution in [2.24, 2.45) is 0 Å². The van der Waals surface area contributed by atoms with Crippen molar-refractivity contribution in [3.8, 4) is 0 Å². The van der Waals surface area contributed by atoms with E-state index in [1.807, 2.05) is 25.1 Å². The Bertz CT molecular complexity index is 939. The van der Waals surface area contributed by atoms with Gasteiger partial charge in [-0.15, -0.1) is 0 Å². The van der Waals surface area contributed by atoms with Gasteiger partial charge in [-0.1, -0.05) is 17.7 Å². The normalized spacial score (nSPS) is 17.4. The Morgan fingerprint density at radius 2 is 2.00 bits per heavy atom. The summed E-state index contributed by atoms with van der Waals surface area (Å²) >= 11 is 0. The zero-order valence-corrected chi connectivity index (χ0v) is 15.5. The standard InChI is InChI=1S/C21H21N3O4/c1-13-4-7-15(8-5-13)22-19(25)12-28-21(27)14-6-9-17-16(11-14)23-20(26)18-3-2-10-24(17)18/h4-9,11,18H,2-3,10,12H2,1H3,(H,22,25)(H,23,26)/t18-/m1/s1. The summed E-state index contributed by atoms with van der Waals surface area (Å²) < 4.78 is 5.11. The zero-order chi connectivity index (χ0) is 19.7. The fourth-order valence-corrected chi connectivity index (χ4v) is 3.61. The maximum Gasteiger partial charge on any atom is 0.338 e. The number of carbonyl (C=O) groups excluding carboxylic acids is 3. The summed E-state index contributed by atoms with van der Waals surface area (Å²) in [6, 6.07) is 12.3. The van der Waals surface area contributed by atoms with Gasteiger partial charge in [0, 0.05) is 12.2 Å². The number of esters is 1. The van der Waals surface area contributed by atoms with Gasteiger partial charge < -0.3 is 20.3 Å². The number of rotatable bonds is 4. The average molecular weight is 379 g/mol. The van der Waals surface area contributed by atoms with Crippen LogP contribution >= 0.6 is 0 Å². The van der Waals surface area contributed by atoms with Crippen molar-refractivity contribution in [2.45, 2.75) is 25.8 Å². The molecule has 0 aliphatic carbocycles. The number of amides is 2. The highest BCUT2D eigenvalue weighted by Crippen LogP contribution is 2.37. The number of carbonyl (C=O) groups is 3. The van der Waals surface area contributed by atoms with Gasteiger partial charge in [0.2, 0.25) is 5.91 Å². The monoisotopic (exact) mass is 379 g/mol. The maximum atomic E-state index is 12.3. The Morgan fingerprint density at radius 1 is 1.21 bits per heavy atom. The number of ether oxygens (including phenoxy) is 1. The molecule has 2 amide bonds. The maximum absolute atomic E-state index is 12.3. The molecule has 0 spiro atoms. The Morgan fingerprint density at radius 3 is 2.79 bits per heavy atom. The van der Waals surface area contributed by atoms with E-state index in [4.69, 9.17) is 4.74 Å². The fourth-order valence-electron chi connectivity index (χ4n) is 3.61. The van der Waals surface area contributed by atoms with Gasteiger partial charge in [0.05, 0.1) is 16.9 Å². The van der Waals surface area contributed by atoms with E-state index in [9.17, 15) is 14.4 Å². The fraction of sp³-hybridized carbons (Fsp3) is 0.286. The molecule has 0 saturated carbocycles. The molecule has 0 aromatic heterocycles. The highest BCUT2D eigenvalue weighted by molar-refractivity contribution is 6.05. The van der Waals surface area contributed by atoms with Crippen molar-refractivity contribution in [3.63, 3.8) is 0 Å². The van der Waals surface area contributed by atoms with Gasteiger partial charge in [0.1, 0.15) is 6.04 Å². The van der Waals surface area contributed by atoms with Gasteiger partial charge >= 0.3 is 5.97 Å². The van der Waals surface area contributed by atoms with Crippen LogP contribution in [0.2, 0.25) is 0 Å². The van der Waals surface area contributed by atoms with E-state index in [1.165, 1.54) is 0 Å². The van der Waals surface area contributed by atoms with Crippen molar-refractivity contribution in [1.29, 1.82) is 0 Å². The number of anilines is 3. The van der Waals surface area contributed by atoms with Crippen LogP contribution in [0.25, 0.3) is 0 Å². The Balaban J connectivity index is 1.39. The van der Waals surface area contributed by atoms with Gasteiger partial charge in [-0.2, -0.15) is 0 Å². The Hall–Kier alpha value is -3.35. The number of benzene rings is 2. The minimum absolute atomic E-state index is 0.0482. The van der Waals surface area contributed by atoms with Crippen molar-refractivity contribution in [3.05, 3.63) is 53.6 Å². The molecule has 1 saturated heterocycles. The summed E-state index contributed by atoms with van der Waals surface area (Å²) in [4.78, 5) is 38.6. The van der Waals surface area contributed by atoms with Crippen LogP contribution in [0.1, 0.15) is 28.8 Å². The van der Waals surface area contributed by atoms with E-state index in [2.05, 4.69) is 15.5 Å². The van der Waals surface area contributed by atoms with E-state index in [1.54, 1.807) is 24.3 Å². The molecule has 0 unspecified atom stereocenters. The number of fused-ring (bicyclic) bond motifs is 3. The zero-order valence-electron chi connectivity index (χ0n) is 15.5. The van der Waals surface area contributed by atoms with Crippen LogP contribution in [0, 0.1) is 6.92 Å². The van der Waals surface area contributed by atoms with Crippen LogP contribution in [0.5, 0.6) is 0 Å². The molecule has 0 radical (unpaired) electrons. The molecule has 2 aliphatic heterocycles. The molecule has 7 nitrogen and oxygen atoms in total. The van der Waals surface area contributed by atoms with E-state index in [0.29, 0.717) is 16.9 Å². The van der Waals surface area contributed by atoms with Crippen LogP contribution in [0.15, 0.2) is 42.5 Å². The largest absolute Gasteiger partial charge is 0.452 e. The lowest BCUT2D eigenvalue weighted by Gasteiger charge is -2.33. The summed E-state index contributed by atoms with van der Waals surface area (Å²) in [5.74, 6) is -1.07. The molecule has 0 bridgehead atoms. The molecule has 1 fully saturated rings. The van der Waals surface area contributed by atoms with Crippen LogP contribution in [-0.2, 0) is 14.3 Å². The number of aryl methyl sites for hydroxylation is 1. The van der Waals surface area contributed by atoms with Crippen LogP contribution in [-0.4, -0.2) is 37.0 Å². The van der Waals surface area contributed by atoms with E-state index in [-0.39, 0.29) is 18.6 Å². The first-order chi connectivity index (χ1) is 13.5. The van der Waals surface area contributed by atoms with E-state index in [0.717, 1.165) is 30.6 Å². The first kappa shape index (κ1) is 18.0. The first-order valence-corrected chi connectivity index (χ1v) is 9.26. The van der Waals surface area contributed by atoms with Crippen LogP contribution < -0.4 is 15.5 Å². The molecular weight excluding hydrogens is 358 g/mol. The molecule has 2 aromatic rings. The quantitative estimate of drug-likeness (QED) is 0.798. The molecule has 1 atom stereocenters. The predicted molar refractivity (Wildman–Crippen MR) is 106 cm³/mol. The SMILES string of the molecule is Cc1ccc(NC(=O)COC(=O)c2ccc3c(c2)NC(=O)[C@H]2CCCN32)cc1. The highest BCUT2D eigenvalue weighted by Gasteiger charge is 2.36. The molecule has 2 aromatic carbocycles. The van der Waals surface area contributed by atoms with Gasteiger partial charge in [0.25, 0.3) is 5.91 Å². The molecule has 144 valence electrons. The third-order valence-corrected chi connectivity index (χ3v) is 5.02. The lowest BCUT2D eigenvalue weighted by atomic mass is 10.1. The van der Waals surface area contributed by atoms with Crippen LogP contribution in [0.4, 0.5) is 17.1 Å². The number of nitrogens with one attached hydrogen (secondary N) is 2. The molecular formula is C21H21N3O4. The van der Waals surface area contributed by atoms with Crippen LogP contribution in [0.3, 0.4) is 0 Å². The highest BCUT2D eigenvalue weighted by atomic mass is 16.5. The molecule has 2 N–H and O–H groups in total. The summed E-state index contributed by atoms with van der Waals surface area (Å²) in [7, 11) is 0. The van der Waals surface area contributed by atoms with E-state index >= 15 is 0 Å². The summed E-state index contributed by atoms with van der Waals surface area (Å²) in [5.41, 5.74) is 3.53. The summed E-state index contributed by atoms with van der Waals surface area (Å²) in [5, 5.41) is 5.54. The van der Waals surface area contributed by atoms with Crippen molar-refractivity contribution >= 4 is 34.8 Å². The lowest BCUT2D eigenvalue weighted by molar-refractivity contribution is -0.119. The van der Waals surface area contributed by atoms with Crippen molar-refractivity contribution in [1.82, 2.24) is 0 Å². The predicted octanol–water partition coefficient (Wildman–Crippen LogP) is 2.71. The number of hydrogen-bond acceptors (Lipinski definition) is 5. The van der Waals surface area contributed by atoms with Gasteiger partial charge in [-0.3, -0.25) is 9.59 Å². The third kappa shape index (κ3) is 3.55. The second kappa shape index (κ2) is 7.34. The molecule has 2 heterocycles. The van der Waals surface area contributed by atoms with Gasteiger partial charge in [-0.25, -0.2) is 4.79 Å². The Kier molecular flexibility index (Phi) is 4.73. The second-order valence-electron chi connectivity index (χ2n) is 7.06. The van der Waals surface area contributed by atoms with E-state index < -0.39 is 11.9 Å². The minimum atomic E-state index is -0.611. The molecule has 4 rings (SSSR count).